The van der Waals surface area contributed by atoms with Crippen LogP contribution in [0, 0.1) is 0 Å². The Hall–Kier alpha value is -1.11. The Morgan fingerprint density at radius 3 is 1.85 bits per heavy atom. The van der Waals surface area contributed by atoms with Gasteiger partial charge in [0.25, 0.3) is 0 Å². The van der Waals surface area contributed by atoms with Gasteiger partial charge in [0.1, 0.15) is 0 Å². The van der Waals surface area contributed by atoms with E-state index in [-0.39, 0.29) is 12.9 Å². The van der Waals surface area contributed by atoms with Gasteiger partial charge in [0.2, 0.25) is 0 Å². The summed E-state index contributed by atoms with van der Waals surface area (Å²) in [7, 11) is 0. The van der Waals surface area contributed by atoms with Crippen LogP contribution in [-0.4, -0.2) is 44.5 Å². The second-order valence-electron chi connectivity index (χ2n) is 8.50. The van der Waals surface area contributed by atoms with E-state index in [0.29, 0.717) is 13.2 Å². The molecule has 0 aromatic heterocycles. The lowest BCUT2D eigenvalue weighted by Crippen LogP contribution is -2.34. The summed E-state index contributed by atoms with van der Waals surface area (Å²) in [4.78, 5) is 3.00. The highest BCUT2D eigenvalue weighted by atomic mass is 16.7. The van der Waals surface area contributed by atoms with E-state index in [1.54, 1.807) is 0 Å². The summed E-state index contributed by atoms with van der Waals surface area (Å²) in [6, 6.07) is -0.491. The zero-order chi connectivity index (χ0) is 24.6. The smallest absolute Gasteiger partial charge is 0.155 e. The third-order valence-electron chi connectivity index (χ3n) is 5.53. The van der Waals surface area contributed by atoms with Crippen LogP contribution < -0.4 is 0 Å². The summed E-state index contributed by atoms with van der Waals surface area (Å²) in [5.74, 6) is 0. The van der Waals surface area contributed by atoms with Gasteiger partial charge < -0.3 is 18.9 Å². The van der Waals surface area contributed by atoms with Gasteiger partial charge in [0, 0.05) is 18.1 Å². The molecule has 0 aromatic rings. The maximum absolute atomic E-state index is 9.04. The third kappa shape index (κ3) is 20.0. The zero-order valence-electron chi connectivity index (χ0n) is 22.0. The van der Waals surface area contributed by atoms with Crippen molar-refractivity contribution >= 4 is 0 Å². The molecule has 0 fully saturated rings. The van der Waals surface area contributed by atoms with Crippen LogP contribution in [0.1, 0.15) is 112 Å². The highest BCUT2D eigenvalue weighted by Crippen LogP contribution is 2.15. The molecule has 0 aliphatic rings. The van der Waals surface area contributed by atoms with Crippen molar-refractivity contribution in [2.45, 2.75) is 136 Å². The Kier molecular flexibility index (Phi) is 23.2. The second-order valence-corrected chi connectivity index (χ2v) is 8.50. The predicted octanol–water partition coefficient (Wildman–Crippen LogP) is 8.09. The average molecular weight is 470 g/mol. The van der Waals surface area contributed by atoms with E-state index in [2.05, 4.69) is 23.0 Å². The van der Waals surface area contributed by atoms with Crippen molar-refractivity contribution in [1.29, 1.82) is 0 Å². The Morgan fingerprint density at radius 1 is 0.758 bits per heavy atom. The van der Waals surface area contributed by atoms with Crippen LogP contribution in [0.5, 0.6) is 0 Å². The molecule has 0 heterocycles. The number of unbranched alkanes of at least 4 members (excludes halogenated alkanes) is 11. The molecule has 0 amide bonds. The minimum absolute atomic E-state index is 0.220. The number of nitrogens with zero attached hydrogens (tertiary/aromatic N) is 3. The van der Waals surface area contributed by atoms with Crippen LogP contribution in [0.3, 0.4) is 0 Å². The molecule has 0 rings (SSSR count). The number of hydrogen-bond acceptors (Lipinski definition) is 5. The molecule has 0 aromatic carbocycles. The van der Waals surface area contributed by atoms with Gasteiger partial charge in [-0.05, 0) is 46.1 Å². The maximum atomic E-state index is 9.04. The van der Waals surface area contributed by atoms with Gasteiger partial charge in [-0.25, -0.2) is 0 Å². The first-order chi connectivity index (χ1) is 16.1. The van der Waals surface area contributed by atoms with E-state index >= 15 is 0 Å². The molecule has 0 saturated carbocycles. The molecule has 0 aliphatic carbocycles. The van der Waals surface area contributed by atoms with Gasteiger partial charge in [-0.3, -0.25) is 0 Å². The van der Waals surface area contributed by atoms with Gasteiger partial charge in [0.15, 0.2) is 12.6 Å². The summed E-state index contributed by atoms with van der Waals surface area (Å²) < 4.78 is 22.6. The number of hydrogen-bond donors (Lipinski definition) is 0. The van der Waals surface area contributed by atoms with E-state index < -0.39 is 18.4 Å². The first kappa shape index (κ1) is 31.9. The van der Waals surface area contributed by atoms with Crippen molar-refractivity contribution in [3.63, 3.8) is 0 Å². The lowest BCUT2D eigenvalue weighted by molar-refractivity contribution is -0.166. The fourth-order valence-corrected chi connectivity index (χ4v) is 3.69. The van der Waals surface area contributed by atoms with Crippen LogP contribution in [0.2, 0.25) is 0 Å². The van der Waals surface area contributed by atoms with Crippen molar-refractivity contribution in [3.05, 3.63) is 22.6 Å². The van der Waals surface area contributed by atoms with Gasteiger partial charge in [0.05, 0.1) is 18.8 Å². The normalized spacial score (nSPS) is 15.3. The number of ether oxygens (including phenoxy) is 4. The Bertz CT molecular complexity index is 498. The highest BCUT2D eigenvalue weighted by molar-refractivity contribution is 4.97. The topological polar surface area (TPSA) is 85.7 Å². The summed E-state index contributed by atoms with van der Waals surface area (Å²) in [5, 5.41) is 3.92. The zero-order valence-corrected chi connectivity index (χ0v) is 22.0. The van der Waals surface area contributed by atoms with Crippen molar-refractivity contribution in [3.8, 4) is 0 Å². The van der Waals surface area contributed by atoms with E-state index in [9.17, 15) is 0 Å². The predicted molar refractivity (Wildman–Crippen MR) is 136 cm³/mol. The SMILES string of the molecule is CCCCCCCCCCCCC/C=C/[C@H](OC(C)OCC)[C@H](COC(C)OCC)N=[N+]=[N-]. The molecule has 194 valence electrons. The third-order valence-corrected chi connectivity index (χ3v) is 5.53. The molecule has 4 atom stereocenters. The van der Waals surface area contributed by atoms with Crippen LogP contribution in [0.15, 0.2) is 17.3 Å². The second kappa shape index (κ2) is 24.0. The quantitative estimate of drug-likeness (QED) is 0.0357. The fraction of sp³-hybridized carbons (Fsp3) is 0.923. The molecular formula is C26H51N3O4. The molecule has 7 heteroatoms. The summed E-state index contributed by atoms with van der Waals surface area (Å²) >= 11 is 0. The lowest BCUT2D eigenvalue weighted by Gasteiger charge is -2.25. The molecule has 2 unspecified atom stereocenters. The number of azide groups is 1. The Balaban J connectivity index is 4.39. The van der Waals surface area contributed by atoms with E-state index in [1.165, 1.54) is 64.2 Å². The van der Waals surface area contributed by atoms with E-state index in [4.69, 9.17) is 24.5 Å². The van der Waals surface area contributed by atoms with Gasteiger partial charge in [-0.1, -0.05) is 88.4 Å². The highest BCUT2D eigenvalue weighted by Gasteiger charge is 2.22. The number of allylic oxidation sites excluding steroid dienone is 1. The monoisotopic (exact) mass is 469 g/mol. The largest absolute Gasteiger partial charge is 0.353 e. The summed E-state index contributed by atoms with van der Waals surface area (Å²) in [6.07, 6.45) is 18.6. The van der Waals surface area contributed by atoms with Crippen molar-refractivity contribution < 1.29 is 18.9 Å². The van der Waals surface area contributed by atoms with Crippen LogP contribution in [0.4, 0.5) is 0 Å². The minimum atomic E-state index is -0.491. The molecule has 0 radical (unpaired) electrons. The molecular weight excluding hydrogens is 418 g/mol. The number of rotatable bonds is 24. The molecule has 7 nitrogen and oxygen atoms in total. The van der Waals surface area contributed by atoms with E-state index in [0.717, 1.165) is 12.8 Å². The van der Waals surface area contributed by atoms with Crippen molar-refractivity contribution in [2.75, 3.05) is 19.8 Å². The molecule has 0 saturated heterocycles. The molecule has 0 bridgehead atoms. The van der Waals surface area contributed by atoms with Crippen LogP contribution in [-0.2, 0) is 18.9 Å². The van der Waals surface area contributed by atoms with Gasteiger partial charge in [-0.2, -0.15) is 0 Å². The standard InChI is InChI=1S/C26H51N3O4/c1-6-9-10-11-12-13-14-15-16-17-18-19-20-21-26(33-24(5)31-8-3)25(28-29-27)22-32-23(4)30-7-2/h20-21,23-26H,6-19,22H2,1-5H3/b21-20+/t23?,24?,25-,26-/m0/s1. The first-order valence-electron chi connectivity index (χ1n) is 13.3. The summed E-state index contributed by atoms with van der Waals surface area (Å²) in [5.41, 5.74) is 9.04. The van der Waals surface area contributed by atoms with E-state index in [1.807, 2.05) is 33.8 Å². The first-order valence-corrected chi connectivity index (χ1v) is 13.3. The summed E-state index contributed by atoms with van der Waals surface area (Å²) in [6.45, 7) is 11.1. The Labute approximate surface area is 203 Å². The van der Waals surface area contributed by atoms with Crippen LogP contribution >= 0.6 is 0 Å². The molecule has 0 N–H and O–H groups in total. The average Bonchev–Trinajstić information content (AvgIpc) is 2.79. The molecule has 33 heavy (non-hydrogen) atoms. The minimum Gasteiger partial charge on any atom is -0.353 e. The Morgan fingerprint density at radius 2 is 1.30 bits per heavy atom. The lowest BCUT2D eigenvalue weighted by atomic mass is 10.0. The molecule has 0 spiro atoms. The van der Waals surface area contributed by atoms with Gasteiger partial charge in [-0.15, -0.1) is 0 Å². The fourth-order valence-electron chi connectivity index (χ4n) is 3.69. The maximum Gasteiger partial charge on any atom is 0.155 e. The van der Waals surface area contributed by atoms with Gasteiger partial charge >= 0.3 is 0 Å². The van der Waals surface area contributed by atoms with Crippen molar-refractivity contribution in [1.82, 2.24) is 0 Å². The van der Waals surface area contributed by atoms with Crippen LogP contribution in [0.25, 0.3) is 10.4 Å². The van der Waals surface area contributed by atoms with Crippen molar-refractivity contribution in [2.24, 2.45) is 5.11 Å². The molecule has 0 aliphatic heterocycles.